The molecule has 0 unspecified atom stereocenters. The lowest BCUT2D eigenvalue weighted by Crippen LogP contribution is -2.47. The molecule has 0 saturated carbocycles. The standard InChI is InChI=1S/C20H31N3O/c1-4-20(24)22-13-16-7-5-6-8-19(16)21-12-11-17-9-10-18(14-22)23(17)15(2)3/h5-8,15,17-18,21H,4,9-14H2,1-3H3/t17-,18+/m1/s1. The molecule has 1 aromatic carbocycles. The molecule has 2 bridgehead atoms. The molecule has 1 saturated heterocycles. The lowest BCUT2D eigenvalue weighted by molar-refractivity contribution is -0.132. The van der Waals surface area contributed by atoms with Gasteiger partial charge in [-0.1, -0.05) is 25.1 Å². The number of hydrogen-bond acceptors (Lipinski definition) is 3. The number of benzene rings is 1. The van der Waals surface area contributed by atoms with E-state index in [1.54, 1.807) is 0 Å². The van der Waals surface area contributed by atoms with Crippen molar-refractivity contribution in [1.82, 2.24) is 9.80 Å². The summed E-state index contributed by atoms with van der Waals surface area (Å²) in [5, 5.41) is 3.62. The second-order valence-corrected chi connectivity index (χ2v) is 7.43. The number of carbonyl (C=O) groups is 1. The monoisotopic (exact) mass is 329 g/mol. The highest BCUT2D eigenvalue weighted by Crippen LogP contribution is 2.31. The van der Waals surface area contributed by atoms with Crippen LogP contribution in [0.3, 0.4) is 0 Å². The Labute approximate surface area is 146 Å². The average Bonchev–Trinajstić information content (AvgIpc) is 2.95. The maximum absolute atomic E-state index is 12.6. The summed E-state index contributed by atoms with van der Waals surface area (Å²) in [6.07, 6.45) is 4.20. The van der Waals surface area contributed by atoms with Crippen molar-refractivity contribution in [2.45, 2.75) is 71.1 Å². The number of nitrogens with one attached hydrogen (secondary N) is 1. The van der Waals surface area contributed by atoms with Crippen molar-refractivity contribution in [3.8, 4) is 0 Å². The van der Waals surface area contributed by atoms with Crippen molar-refractivity contribution < 1.29 is 4.79 Å². The van der Waals surface area contributed by atoms with E-state index in [4.69, 9.17) is 0 Å². The lowest BCUT2D eigenvalue weighted by Gasteiger charge is -2.36. The fourth-order valence-electron chi connectivity index (χ4n) is 4.45. The van der Waals surface area contributed by atoms with Crippen molar-refractivity contribution in [2.24, 2.45) is 0 Å². The lowest BCUT2D eigenvalue weighted by atomic mass is 10.1. The van der Waals surface area contributed by atoms with E-state index in [0.29, 0.717) is 31.1 Å². The zero-order valence-electron chi connectivity index (χ0n) is 15.3. The van der Waals surface area contributed by atoms with E-state index >= 15 is 0 Å². The fourth-order valence-corrected chi connectivity index (χ4v) is 4.45. The highest BCUT2D eigenvalue weighted by atomic mass is 16.2. The van der Waals surface area contributed by atoms with Crippen LogP contribution < -0.4 is 5.32 Å². The Morgan fingerprint density at radius 1 is 1.21 bits per heavy atom. The summed E-state index contributed by atoms with van der Waals surface area (Å²) in [7, 11) is 0. The summed E-state index contributed by atoms with van der Waals surface area (Å²) in [6.45, 7) is 9.12. The molecule has 1 fully saturated rings. The first-order valence-electron chi connectivity index (χ1n) is 9.47. The third-order valence-corrected chi connectivity index (χ3v) is 5.53. The van der Waals surface area contributed by atoms with Crippen molar-refractivity contribution in [3.05, 3.63) is 29.8 Å². The molecule has 1 aromatic rings. The normalized spacial score (nSPS) is 25.1. The number of anilines is 1. The van der Waals surface area contributed by atoms with Crippen molar-refractivity contribution in [2.75, 3.05) is 18.4 Å². The molecule has 3 rings (SSSR count). The van der Waals surface area contributed by atoms with E-state index in [2.05, 4.69) is 53.2 Å². The maximum Gasteiger partial charge on any atom is 0.222 e. The van der Waals surface area contributed by atoms with Gasteiger partial charge in [0, 0.05) is 49.9 Å². The van der Waals surface area contributed by atoms with Gasteiger partial charge in [0.2, 0.25) is 5.91 Å². The van der Waals surface area contributed by atoms with Gasteiger partial charge in [-0.05, 0) is 44.7 Å². The highest BCUT2D eigenvalue weighted by Gasteiger charge is 2.36. The summed E-state index contributed by atoms with van der Waals surface area (Å²) in [6, 6.07) is 10.1. The van der Waals surface area contributed by atoms with Gasteiger partial charge in [-0.15, -0.1) is 0 Å². The van der Waals surface area contributed by atoms with Crippen LogP contribution in [0.4, 0.5) is 5.69 Å². The van der Waals surface area contributed by atoms with Crippen LogP contribution in [0.2, 0.25) is 0 Å². The Kier molecular flexibility index (Phi) is 5.44. The van der Waals surface area contributed by atoms with E-state index in [0.717, 1.165) is 13.1 Å². The summed E-state index contributed by atoms with van der Waals surface area (Å²) < 4.78 is 0. The van der Waals surface area contributed by atoms with Gasteiger partial charge >= 0.3 is 0 Å². The first-order chi connectivity index (χ1) is 11.6. The third kappa shape index (κ3) is 3.59. The minimum Gasteiger partial charge on any atom is -0.385 e. The van der Waals surface area contributed by atoms with Crippen LogP contribution in [0, 0.1) is 0 Å². The second kappa shape index (κ2) is 7.56. The molecule has 4 heteroatoms. The van der Waals surface area contributed by atoms with Crippen LogP contribution >= 0.6 is 0 Å². The zero-order valence-corrected chi connectivity index (χ0v) is 15.3. The number of amides is 1. The number of para-hydroxylation sites is 1. The maximum atomic E-state index is 12.6. The molecule has 0 radical (unpaired) electrons. The van der Waals surface area contributed by atoms with Crippen molar-refractivity contribution in [1.29, 1.82) is 0 Å². The smallest absolute Gasteiger partial charge is 0.222 e. The SMILES string of the molecule is CCC(=O)N1Cc2ccccc2NCC[C@H]2CC[C@@H](C1)N2C(C)C. The van der Waals surface area contributed by atoms with Gasteiger partial charge in [-0.2, -0.15) is 0 Å². The summed E-state index contributed by atoms with van der Waals surface area (Å²) in [5.41, 5.74) is 2.41. The zero-order chi connectivity index (χ0) is 17.1. The Morgan fingerprint density at radius 3 is 2.71 bits per heavy atom. The largest absolute Gasteiger partial charge is 0.385 e. The Morgan fingerprint density at radius 2 is 1.96 bits per heavy atom. The quantitative estimate of drug-likeness (QED) is 0.902. The van der Waals surface area contributed by atoms with Crippen LogP contribution in [0.15, 0.2) is 24.3 Å². The van der Waals surface area contributed by atoms with E-state index in [1.807, 2.05) is 6.92 Å². The minimum absolute atomic E-state index is 0.260. The molecule has 2 aliphatic heterocycles. The fraction of sp³-hybridized carbons (Fsp3) is 0.650. The van der Waals surface area contributed by atoms with Gasteiger partial charge in [-0.25, -0.2) is 0 Å². The Balaban J connectivity index is 1.91. The predicted octanol–water partition coefficient (Wildman–Crippen LogP) is 3.48. The highest BCUT2D eigenvalue weighted by molar-refractivity contribution is 5.76. The molecule has 132 valence electrons. The van der Waals surface area contributed by atoms with E-state index in [-0.39, 0.29) is 5.91 Å². The Hall–Kier alpha value is -1.55. The number of fused-ring (bicyclic) bond motifs is 3. The Bertz CT molecular complexity index is 572. The van der Waals surface area contributed by atoms with Crippen LogP contribution in [-0.4, -0.2) is 46.9 Å². The van der Waals surface area contributed by atoms with Crippen molar-refractivity contribution >= 4 is 11.6 Å². The molecule has 1 N–H and O–H groups in total. The second-order valence-electron chi connectivity index (χ2n) is 7.43. The molecule has 0 aromatic heterocycles. The van der Waals surface area contributed by atoms with Gasteiger partial charge < -0.3 is 10.2 Å². The topological polar surface area (TPSA) is 35.6 Å². The van der Waals surface area contributed by atoms with E-state index < -0.39 is 0 Å². The van der Waals surface area contributed by atoms with Gasteiger partial charge in [0.25, 0.3) is 0 Å². The molecule has 2 atom stereocenters. The molecule has 4 nitrogen and oxygen atoms in total. The summed E-state index contributed by atoms with van der Waals surface area (Å²) in [5.74, 6) is 0.260. The van der Waals surface area contributed by atoms with Gasteiger partial charge in [0.1, 0.15) is 0 Å². The first kappa shape index (κ1) is 17.3. The van der Waals surface area contributed by atoms with Crippen LogP contribution in [-0.2, 0) is 11.3 Å². The molecule has 0 aliphatic carbocycles. The predicted molar refractivity (Wildman–Crippen MR) is 99.0 cm³/mol. The molecular weight excluding hydrogens is 298 g/mol. The number of carbonyl (C=O) groups excluding carboxylic acids is 1. The third-order valence-electron chi connectivity index (χ3n) is 5.53. The van der Waals surface area contributed by atoms with Crippen LogP contribution in [0.5, 0.6) is 0 Å². The number of rotatable bonds is 2. The van der Waals surface area contributed by atoms with Gasteiger partial charge in [-0.3, -0.25) is 9.69 Å². The summed E-state index contributed by atoms with van der Waals surface area (Å²) >= 11 is 0. The number of nitrogens with zero attached hydrogens (tertiary/aromatic N) is 2. The van der Waals surface area contributed by atoms with Gasteiger partial charge in [0.15, 0.2) is 0 Å². The van der Waals surface area contributed by atoms with Crippen molar-refractivity contribution in [3.63, 3.8) is 0 Å². The first-order valence-corrected chi connectivity index (χ1v) is 9.47. The van der Waals surface area contributed by atoms with E-state index in [9.17, 15) is 4.79 Å². The molecular formula is C20H31N3O. The molecule has 2 aliphatic rings. The average molecular weight is 329 g/mol. The molecule has 0 spiro atoms. The molecule has 2 heterocycles. The van der Waals surface area contributed by atoms with Crippen LogP contribution in [0.1, 0.15) is 52.0 Å². The molecule has 1 amide bonds. The van der Waals surface area contributed by atoms with Crippen LogP contribution in [0.25, 0.3) is 0 Å². The molecule has 24 heavy (non-hydrogen) atoms. The summed E-state index contributed by atoms with van der Waals surface area (Å²) in [4.78, 5) is 17.3. The van der Waals surface area contributed by atoms with Gasteiger partial charge in [0.05, 0.1) is 0 Å². The van der Waals surface area contributed by atoms with E-state index in [1.165, 1.54) is 30.5 Å². The number of hydrogen-bond donors (Lipinski definition) is 1. The minimum atomic E-state index is 0.260.